The molecule has 23 heavy (non-hydrogen) atoms. The first kappa shape index (κ1) is 17.8. The van der Waals surface area contributed by atoms with E-state index in [9.17, 15) is 4.79 Å². The van der Waals surface area contributed by atoms with Gasteiger partial charge in [-0.3, -0.25) is 4.90 Å². The topological polar surface area (TPSA) is 41.6 Å². The lowest BCUT2D eigenvalue weighted by atomic mass is 9.97. The summed E-state index contributed by atoms with van der Waals surface area (Å²) in [6.45, 7) is 10.9. The van der Waals surface area contributed by atoms with Crippen LogP contribution in [0.25, 0.3) is 0 Å². The normalized spacial score (nSPS) is 20.3. The highest BCUT2D eigenvalue weighted by atomic mass is 16.6. The molecule has 0 unspecified atom stereocenters. The maximum absolute atomic E-state index is 12.0. The van der Waals surface area contributed by atoms with Gasteiger partial charge >= 0.3 is 6.09 Å². The molecule has 1 saturated heterocycles. The SMILES string of the molecule is CC[C@H](NC(=O)OC(C)(C)C)[C@H]1CCN(Cc2ccccc2)C1. The van der Waals surface area contributed by atoms with Gasteiger partial charge in [0.1, 0.15) is 5.60 Å². The van der Waals surface area contributed by atoms with E-state index in [1.807, 2.05) is 26.8 Å². The fourth-order valence-corrected chi connectivity index (χ4v) is 3.19. The van der Waals surface area contributed by atoms with E-state index >= 15 is 0 Å². The van der Waals surface area contributed by atoms with Gasteiger partial charge in [-0.15, -0.1) is 0 Å². The third kappa shape index (κ3) is 5.87. The fraction of sp³-hybridized carbons (Fsp3) is 0.632. The van der Waals surface area contributed by atoms with Gasteiger partial charge in [0, 0.05) is 19.1 Å². The minimum absolute atomic E-state index is 0.186. The molecule has 0 aliphatic carbocycles. The zero-order valence-electron chi connectivity index (χ0n) is 14.8. The molecule has 1 heterocycles. The van der Waals surface area contributed by atoms with E-state index < -0.39 is 5.60 Å². The van der Waals surface area contributed by atoms with Crippen LogP contribution in [0.5, 0.6) is 0 Å². The van der Waals surface area contributed by atoms with Crippen LogP contribution in [0.15, 0.2) is 30.3 Å². The molecule has 0 spiro atoms. The molecular formula is C19H30N2O2. The average Bonchev–Trinajstić information content (AvgIpc) is 2.92. The van der Waals surface area contributed by atoms with E-state index in [0.717, 1.165) is 32.5 Å². The Labute approximate surface area is 140 Å². The number of nitrogens with one attached hydrogen (secondary N) is 1. The van der Waals surface area contributed by atoms with Crippen LogP contribution in [0.1, 0.15) is 46.1 Å². The van der Waals surface area contributed by atoms with Gasteiger partial charge in [0.2, 0.25) is 0 Å². The molecule has 0 bridgehead atoms. The molecule has 4 heteroatoms. The highest BCUT2D eigenvalue weighted by Crippen LogP contribution is 2.23. The Balaban J connectivity index is 1.84. The molecule has 1 fully saturated rings. The Morgan fingerprint density at radius 1 is 1.35 bits per heavy atom. The van der Waals surface area contributed by atoms with Gasteiger partial charge in [-0.25, -0.2) is 4.79 Å². The van der Waals surface area contributed by atoms with Crippen LogP contribution in [0.2, 0.25) is 0 Å². The highest BCUT2D eigenvalue weighted by Gasteiger charge is 2.30. The van der Waals surface area contributed by atoms with E-state index in [0.29, 0.717) is 5.92 Å². The van der Waals surface area contributed by atoms with Crippen LogP contribution in [0.3, 0.4) is 0 Å². The molecule has 4 nitrogen and oxygen atoms in total. The van der Waals surface area contributed by atoms with Crippen molar-refractivity contribution in [2.75, 3.05) is 13.1 Å². The van der Waals surface area contributed by atoms with Crippen molar-refractivity contribution >= 4 is 6.09 Å². The maximum atomic E-state index is 12.0. The Morgan fingerprint density at radius 2 is 2.04 bits per heavy atom. The van der Waals surface area contributed by atoms with E-state index in [1.165, 1.54) is 5.56 Å². The monoisotopic (exact) mass is 318 g/mol. The third-order valence-corrected chi connectivity index (χ3v) is 4.27. The molecule has 1 amide bonds. The number of carbonyl (C=O) groups excluding carboxylic acids is 1. The number of ether oxygens (including phenoxy) is 1. The van der Waals surface area contributed by atoms with Gasteiger partial charge in [-0.1, -0.05) is 37.3 Å². The van der Waals surface area contributed by atoms with Crippen molar-refractivity contribution in [1.29, 1.82) is 0 Å². The smallest absolute Gasteiger partial charge is 0.407 e. The Morgan fingerprint density at radius 3 is 2.65 bits per heavy atom. The lowest BCUT2D eigenvalue weighted by Gasteiger charge is -2.26. The summed E-state index contributed by atoms with van der Waals surface area (Å²) in [6.07, 6.45) is 1.76. The van der Waals surface area contributed by atoms with Crippen molar-refractivity contribution in [2.24, 2.45) is 5.92 Å². The summed E-state index contributed by atoms with van der Waals surface area (Å²) in [4.78, 5) is 14.5. The molecule has 128 valence electrons. The highest BCUT2D eigenvalue weighted by molar-refractivity contribution is 5.68. The van der Waals surface area contributed by atoms with Crippen LogP contribution < -0.4 is 5.32 Å². The fourth-order valence-electron chi connectivity index (χ4n) is 3.19. The number of carbonyl (C=O) groups is 1. The Hall–Kier alpha value is -1.55. The number of amides is 1. The van der Waals surface area contributed by atoms with Crippen LogP contribution in [0.4, 0.5) is 4.79 Å². The number of likely N-dealkylation sites (tertiary alicyclic amines) is 1. The van der Waals surface area contributed by atoms with E-state index in [-0.39, 0.29) is 12.1 Å². The first-order valence-corrected chi connectivity index (χ1v) is 8.63. The van der Waals surface area contributed by atoms with Crippen LogP contribution in [0, 0.1) is 5.92 Å². The van der Waals surface area contributed by atoms with Crippen LogP contribution in [-0.2, 0) is 11.3 Å². The molecule has 1 aromatic carbocycles. The average molecular weight is 318 g/mol. The Bertz CT molecular complexity index is 496. The number of benzene rings is 1. The van der Waals surface area contributed by atoms with E-state index in [1.54, 1.807) is 0 Å². The summed E-state index contributed by atoms with van der Waals surface area (Å²) in [5, 5.41) is 3.06. The standard InChI is InChI=1S/C19H30N2O2/c1-5-17(20-18(22)23-19(2,3)4)16-11-12-21(14-16)13-15-9-7-6-8-10-15/h6-10,16-17H,5,11-14H2,1-4H3,(H,20,22)/t16-,17-/m0/s1. The van der Waals surface area contributed by atoms with Gasteiger partial charge in [0.05, 0.1) is 0 Å². The molecular weight excluding hydrogens is 288 g/mol. The third-order valence-electron chi connectivity index (χ3n) is 4.27. The zero-order chi connectivity index (χ0) is 16.9. The molecule has 1 aliphatic rings. The predicted octanol–water partition coefficient (Wildman–Crippen LogP) is 3.81. The molecule has 0 aromatic heterocycles. The van der Waals surface area contributed by atoms with E-state index in [4.69, 9.17) is 4.74 Å². The predicted molar refractivity (Wildman–Crippen MR) is 93.3 cm³/mol. The quantitative estimate of drug-likeness (QED) is 0.897. The molecule has 1 aromatic rings. The lowest BCUT2D eigenvalue weighted by molar-refractivity contribution is 0.0484. The van der Waals surface area contributed by atoms with Crippen molar-refractivity contribution in [1.82, 2.24) is 10.2 Å². The first-order chi connectivity index (χ1) is 10.9. The maximum Gasteiger partial charge on any atom is 0.407 e. The zero-order valence-corrected chi connectivity index (χ0v) is 14.8. The second-order valence-corrected chi connectivity index (χ2v) is 7.43. The van der Waals surface area contributed by atoms with Gasteiger partial charge in [0.25, 0.3) is 0 Å². The molecule has 2 rings (SSSR count). The van der Waals surface area contributed by atoms with Crippen molar-refractivity contribution in [3.05, 3.63) is 35.9 Å². The van der Waals surface area contributed by atoms with Crippen LogP contribution >= 0.6 is 0 Å². The molecule has 0 radical (unpaired) electrons. The van der Waals surface area contributed by atoms with Crippen molar-refractivity contribution in [2.45, 2.75) is 58.7 Å². The molecule has 1 aliphatic heterocycles. The molecule has 0 saturated carbocycles. The van der Waals surface area contributed by atoms with Crippen molar-refractivity contribution in [3.8, 4) is 0 Å². The first-order valence-electron chi connectivity index (χ1n) is 8.63. The second kappa shape index (κ2) is 7.82. The number of alkyl carbamates (subject to hydrolysis) is 1. The summed E-state index contributed by atoms with van der Waals surface area (Å²) in [5.74, 6) is 0.497. The molecule has 1 N–H and O–H groups in total. The van der Waals surface area contributed by atoms with Gasteiger partial charge in [-0.05, 0) is 51.6 Å². The number of hydrogen-bond acceptors (Lipinski definition) is 3. The van der Waals surface area contributed by atoms with E-state index in [2.05, 4.69) is 41.4 Å². The van der Waals surface area contributed by atoms with Gasteiger partial charge < -0.3 is 10.1 Å². The summed E-state index contributed by atoms with van der Waals surface area (Å²) in [7, 11) is 0. The van der Waals surface area contributed by atoms with Crippen molar-refractivity contribution in [3.63, 3.8) is 0 Å². The van der Waals surface area contributed by atoms with Crippen LogP contribution in [-0.4, -0.2) is 35.7 Å². The summed E-state index contributed by atoms with van der Waals surface area (Å²) >= 11 is 0. The number of nitrogens with zero attached hydrogens (tertiary/aromatic N) is 1. The number of rotatable bonds is 5. The Kier molecular flexibility index (Phi) is 6.05. The second-order valence-electron chi connectivity index (χ2n) is 7.43. The lowest BCUT2D eigenvalue weighted by Crippen LogP contribution is -2.43. The number of hydrogen-bond donors (Lipinski definition) is 1. The minimum Gasteiger partial charge on any atom is -0.444 e. The largest absolute Gasteiger partial charge is 0.444 e. The van der Waals surface area contributed by atoms with Gasteiger partial charge in [-0.2, -0.15) is 0 Å². The summed E-state index contributed by atoms with van der Waals surface area (Å²) in [6, 6.07) is 10.7. The summed E-state index contributed by atoms with van der Waals surface area (Å²) < 4.78 is 5.39. The minimum atomic E-state index is -0.447. The summed E-state index contributed by atoms with van der Waals surface area (Å²) in [5.41, 5.74) is 0.901. The van der Waals surface area contributed by atoms with Crippen molar-refractivity contribution < 1.29 is 9.53 Å². The van der Waals surface area contributed by atoms with Gasteiger partial charge in [0.15, 0.2) is 0 Å². The molecule has 2 atom stereocenters.